The minimum absolute atomic E-state index is 0.265. The summed E-state index contributed by atoms with van der Waals surface area (Å²) in [5, 5.41) is 3.98. The van der Waals surface area contributed by atoms with Crippen molar-refractivity contribution in [1.29, 1.82) is 0 Å². The molecule has 0 unspecified atom stereocenters. The first-order chi connectivity index (χ1) is 14.3. The zero-order valence-corrected chi connectivity index (χ0v) is 21.2. The smallest absolute Gasteiger partial charge is 0.344 e. The Balaban J connectivity index is 1.82. The van der Waals surface area contributed by atoms with Crippen LogP contribution in [0.15, 0.2) is 77.9 Å². The van der Waals surface area contributed by atoms with Gasteiger partial charge in [-0.15, -0.1) is 0 Å². The maximum Gasteiger partial charge on any atom is 0.344 e. The zero-order valence-electron chi connectivity index (χ0n) is 14.9. The summed E-state index contributed by atoms with van der Waals surface area (Å²) in [6.45, 7) is 0. The van der Waals surface area contributed by atoms with Crippen molar-refractivity contribution in [2.24, 2.45) is 5.10 Å². The fraction of sp³-hybridized carbons (Fsp3) is 0. The molecular weight excluding hydrogens is 650 g/mol. The first kappa shape index (κ1) is 22.8. The molecule has 1 amide bonds. The number of rotatable bonds is 5. The number of pyridine rings is 1. The van der Waals surface area contributed by atoms with Gasteiger partial charge in [-0.05, 0) is 78.1 Å². The number of aromatic nitrogens is 1. The number of nitrogens with zero attached hydrogens (tertiary/aromatic N) is 2. The Kier molecular flexibility index (Phi) is 7.93. The summed E-state index contributed by atoms with van der Waals surface area (Å²) < 4.78 is 8.17. The number of hydrogen-bond acceptors (Lipinski definition) is 5. The Morgan fingerprint density at radius 1 is 0.967 bits per heavy atom. The quantitative estimate of drug-likeness (QED) is 0.155. The molecule has 1 N–H and O–H groups in total. The maximum absolute atomic E-state index is 12.6. The lowest BCUT2D eigenvalue weighted by Crippen LogP contribution is -2.18. The number of benzene rings is 2. The lowest BCUT2D eigenvalue weighted by molar-refractivity contribution is 0.0732. The third-order valence-corrected chi connectivity index (χ3v) is 5.83. The van der Waals surface area contributed by atoms with E-state index >= 15 is 0 Å². The van der Waals surface area contributed by atoms with Gasteiger partial charge in [0.2, 0.25) is 0 Å². The Morgan fingerprint density at radius 2 is 1.73 bits per heavy atom. The summed E-state index contributed by atoms with van der Waals surface area (Å²) in [4.78, 5) is 28.8. The Bertz CT molecular complexity index is 1150. The summed E-state index contributed by atoms with van der Waals surface area (Å²) in [6, 6.07) is 12.0. The van der Waals surface area contributed by atoms with E-state index in [0.717, 1.165) is 4.47 Å². The number of nitrogens with one attached hydrogen (secondary N) is 1. The fourth-order valence-electron chi connectivity index (χ4n) is 2.32. The van der Waals surface area contributed by atoms with Crippen molar-refractivity contribution in [3.63, 3.8) is 0 Å². The number of esters is 1. The van der Waals surface area contributed by atoms with Gasteiger partial charge in [-0.2, -0.15) is 5.10 Å². The highest BCUT2D eigenvalue weighted by molar-refractivity contribution is 9.11. The van der Waals surface area contributed by atoms with Crippen molar-refractivity contribution in [2.75, 3.05) is 0 Å². The summed E-state index contributed by atoms with van der Waals surface area (Å²) in [5.41, 5.74) is 3.63. The van der Waals surface area contributed by atoms with Crippen LogP contribution < -0.4 is 10.2 Å². The van der Waals surface area contributed by atoms with Crippen molar-refractivity contribution in [3.8, 4) is 5.75 Å². The average Bonchev–Trinajstić information content (AvgIpc) is 2.70. The van der Waals surface area contributed by atoms with Crippen LogP contribution >= 0.6 is 63.7 Å². The first-order valence-corrected chi connectivity index (χ1v) is 11.4. The standard InChI is InChI=1S/C20H11Br4N3O3/c21-13-5-11(9-26-27-19(28)12-6-14(22)10-25-8-12)18(17(24)7-13)30-20(29)15-3-1-2-4-16(15)23/h1-10H,(H,27,28)/b26-9+. The van der Waals surface area contributed by atoms with Crippen LogP contribution in [0.2, 0.25) is 0 Å². The zero-order chi connectivity index (χ0) is 21.7. The van der Waals surface area contributed by atoms with Gasteiger partial charge in [-0.1, -0.05) is 28.1 Å². The summed E-state index contributed by atoms with van der Waals surface area (Å²) in [6.07, 6.45) is 4.39. The van der Waals surface area contributed by atoms with Crippen molar-refractivity contribution in [2.45, 2.75) is 0 Å². The molecule has 0 spiro atoms. The number of amides is 1. The molecular formula is C20H11Br4N3O3. The molecule has 3 rings (SSSR count). The van der Waals surface area contributed by atoms with Gasteiger partial charge in [0.1, 0.15) is 0 Å². The highest BCUT2D eigenvalue weighted by atomic mass is 79.9. The summed E-state index contributed by atoms with van der Waals surface area (Å²) in [7, 11) is 0. The van der Waals surface area contributed by atoms with E-state index in [4.69, 9.17) is 4.74 Å². The first-order valence-electron chi connectivity index (χ1n) is 8.25. The number of carbonyl (C=O) groups is 2. The molecule has 0 atom stereocenters. The topological polar surface area (TPSA) is 80.6 Å². The lowest BCUT2D eigenvalue weighted by atomic mass is 10.2. The molecule has 0 bridgehead atoms. The van der Waals surface area contributed by atoms with Gasteiger partial charge in [0.15, 0.2) is 5.75 Å². The van der Waals surface area contributed by atoms with Crippen LogP contribution in [0.3, 0.4) is 0 Å². The van der Waals surface area contributed by atoms with E-state index in [1.165, 1.54) is 12.4 Å². The van der Waals surface area contributed by atoms with Crippen molar-refractivity contribution in [1.82, 2.24) is 10.4 Å². The van der Waals surface area contributed by atoms with E-state index < -0.39 is 11.9 Å². The third-order valence-electron chi connectivity index (χ3n) is 3.66. The minimum Gasteiger partial charge on any atom is -0.421 e. The minimum atomic E-state index is -0.538. The number of hydrogen-bond donors (Lipinski definition) is 1. The third kappa shape index (κ3) is 5.84. The molecule has 0 aliphatic rings. The normalized spacial score (nSPS) is 10.8. The largest absolute Gasteiger partial charge is 0.421 e. The number of halogens is 4. The van der Waals surface area contributed by atoms with Gasteiger partial charge in [0.05, 0.1) is 21.8 Å². The van der Waals surface area contributed by atoms with E-state index in [-0.39, 0.29) is 5.75 Å². The highest BCUT2D eigenvalue weighted by Gasteiger charge is 2.17. The summed E-state index contributed by atoms with van der Waals surface area (Å²) in [5.74, 6) is -0.702. The van der Waals surface area contributed by atoms with Gasteiger partial charge in [-0.3, -0.25) is 9.78 Å². The second kappa shape index (κ2) is 10.4. The molecule has 0 saturated carbocycles. The molecule has 3 aromatic rings. The molecule has 6 nitrogen and oxygen atoms in total. The fourth-order valence-corrected chi connectivity index (χ4v) is 4.47. The van der Waals surface area contributed by atoms with Crippen LogP contribution in [0.1, 0.15) is 26.3 Å². The Hall–Kier alpha value is -1.88. The van der Waals surface area contributed by atoms with E-state index in [0.29, 0.717) is 30.1 Å². The SMILES string of the molecule is O=C(N/N=C/c1cc(Br)cc(Br)c1OC(=O)c1ccccc1Br)c1cncc(Br)c1. The second-order valence-electron chi connectivity index (χ2n) is 5.77. The predicted octanol–water partition coefficient (Wildman–Crippen LogP) is 6.11. The molecule has 0 aliphatic carbocycles. The molecule has 2 aromatic carbocycles. The lowest BCUT2D eigenvalue weighted by Gasteiger charge is -2.11. The van der Waals surface area contributed by atoms with E-state index in [9.17, 15) is 9.59 Å². The van der Waals surface area contributed by atoms with Crippen molar-refractivity contribution in [3.05, 3.63) is 89.4 Å². The van der Waals surface area contributed by atoms with Crippen LogP contribution in [0.4, 0.5) is 0 Å². The number of hydrazone groups is 1. The monoisotopic (exact) mass is 657 g/mol. The van der Waals surface area contributed by atoms with Crippen LogP contribution in [-0.2, 0) is 0 Å². The number of ether oxygens (including phenoxy) is 1. The van der Waals surface area contributed by atoms with Crippen molar-refractivity contribution >= 4 is 81.8 Å². The molecule has 0 radical (unpaired) electrons. The highest BCUT2D eigenvalue weighted by Crippen LogP contribution is 2.33. The van der Waals surface area contributed by atoms with Gasteiger partial charge in [0.25, 0.3) is 5.91 Å². The Labute approximate surface area is 205 Å². The molecule has 1 heterocycles. The van der Waals surface area contributed by atoms with Crippen molar-refractivity contribution < 1.29 is 14.3 Å². The second-order valence-corrected chi connectivity index (χ2v) is 9.31. The molecule has 0 fully saturated rings. The molecule has 1 aromatic heterocycles. The van der Waals surface area contributed by atoms with Crippen LogP contribution in [0, 0.1) is 0 Å². The molecule has 10 heteroatoms. The average molecular weight is 661 g/mol. The van der Waals surface area contributed by atoms with Gasteiger partial charge in [0, 0.05) is 31.4 Å². The van der Waals surface area contributed by atoms with Gasteiger partial charge in [-0.25, -0.2) is 10.2 Å². The van der Waals surface area contributed by atoms with E-state index in [1.807, 2.05) is 0 Å². The predicted molar refractivity (Wildman–Crippen MR) is 128 cm³/mol. The van der Waals surface area contributed by atoms with Crippen LogP contribution in [0.5, 0.6) is 5.75 Å². The van der Waals surface area contributed by atoms with E-state index in [1.54, 1.807) is 48.7 Å². The van der Waals surface area contributed by atoms with Gasteiger partial charge < -0.3 is 4.74 Å². The van der Waals surface area contributed by atoms with Crippen LogP contribution in [0.25, 0.3) is 0 Å². The molecule has 152 valence electrons. The maximum atomic E-state index is 12.6. The Morgan fingerprint density at radius 3 is 2.47 bits per heavy atom. The summed E-state index contributed by atoms with van der Waals surface area (Å²) >= 11 is 13.4. The van der Waals surface area contributed by atoms with Crippen LogP contribution in [-0.4, -0.2) is 23.1 Å². The molecule has 0 aliphatic heterocycles. The van der Waals surface area contributed by atoms with E-state index in [2.05, 4.69) is 79.2 Å². The molecule has 30 heavy (non-hydrogen) atoms. The molecule has 0 saturated heterocycles. The number of carbonyl (C=O) groups excluding carboxylic acids is 2. The van der Waals surface area contributed by atoms with Gasteiger partial charge >= 0.3 is 5.97 Å².